The average molecular weight is 190 g/mol. The maximum absolute atomic E-state index is 10.9. The molecule has 2 N–H and O–H groups in total. The number of rotatable bonds is 5. The van der Waals surface area contributed by atoms with Crippen LogP contribution in [0.25, 0.3) is 0 Å². The molecule has 0 aromatic heterocycles. The molecule has 0 aromatic carbocycles. The van der Waals surface area contributed by atoms with Crippen LogP contribution < -0.4 is 0 Å². The number of aliphatic hydroxyl groups is 2. The molecule has 0 fully saturated rings. The largest absolute Gasteiger partial charge is 0.423 e. The van der Waals surface area contributed by atoms with Crippen molar-refractivity contribution in [3.05, 3.63) is 0 Å². The Morgan fingerprint density at radius 2 is 2.00 bits per heavy atom. The van der Waals surface area contributed by atoms with Crippen molar-refractivity contribution in [2.75, 3.05) is 6.61 Å². The van der Waals surface area contributed by atoms with Crippen LogP contribution >= 0.6 is 0 Å². The fourth-order valence-electron chi connectivity index (χ4n) is 0.659. The van der Waals surface area contributed by atoms with Gasteiger partial charge in [0, 0.05) is 13.3 Å². The SMILES string of the molecule is CCCC(=O)OC(O)(CO)C(C)=O. The van der Waals surface area contributed by atoms with Crippen molar-refractivity contribution >= 4 is 11.8 Å². The van der Waals surface area contributed by atoms with Crippen molar-refractivity contribution in [1.82, 2.24) is 0 Å². The number of carbonyl (C=O) groups excluding carboxylic acids is 2. The minimum absolute atomic E-state index is 0.107. The predicted octanol–water partition coefficient (Wildman–Crippen LogP) is -0.400. The molecule has 0 saturated carbocycles. The zero-order chi connectivity index (χ0) is 10.5. The van der Waals surface area contributed by atoms with E-state index < -0.39 is 24.1 Å². The molecule has 0 aliphatic rings. The minimum Gasteiger partial charge on any atom is -0.423 e. The van der Waals surface area contributed by atoms with Crippen LogP contribution in [0.2, 0.25) is 0 Å². The zero-order valence-corrected chi connectivity index (χ0v) is 7.74. The minimum atomic E-state index is -2.37. The van der Waals surface area contributed by atoms with Gasteiger partial charge in [0.15, 0.2) is 0 Å². The van der Waals surface area contributed by atoms with E-state index in [1.54, 1.807) is 6.92 Å². The first-order valence-electron chi connectivity index (χ1n) is 4.02. The number of esters is 1. The molecule has 0 saturated heterocycles. The highest BCUT2D eigenvalue weighted by atomic mass is 16.7. The summed E-state index contributed by atoms with van der Waals surface area (Å²) in [7, 11) is 0. The van der Waals surface area contributed by atoms with E-state index >= 15 is 0 Å². The first-order valence-corrected chi connectivity index (χ1v) is 4.02. The number of ketones is 1. The lowest BCUT2D eigenvalue weighted by Gasteiger charge is -2.22. The van der Waals surface area contributed by atoms with Gasteiger partial charge in [-0.3, -0.25) is 9.59 Å². The van der Waals surface area contributed by atoms with Crippen molar-refractivity contribution in [2.45, 2.75) is 32.5 Å². The summed E-state index contributed by atoms with van der Waals surface area (Å²) in [5.41, 5.74) is 0. The summed E-state index contributed by atoms with van der Waals surface area (Å²) in [5, 5.41) is 17.9. The van der Waals surface area contributed by atoms with Gasteiger partial charge >= 0.3 is 5.97 Å². The Labute approximate surface area is 76.3 Å². The predicted molar refractivity (Wildman–Crippen MR) is 43.7 cm³/mol. The highest BCUT2D eigenvalue weighted by Crippen LogP contribution is 2.09. The monoisotopic (exact) mass is 190 g/mol. The summed E-state index contributed by atoms with van der Waals surface area (Å²) in [6.45, 7) is 1.88. The fraction of sp³-hybridized carbons (Fsp3) is 0.750. The molecule has 0 spiro atoms. The molecular formula is C8H14O5. The molecule has 5 heteroatoms. The van der Waals surface area contributed by atoms with E-state index in [0.717, 1.165) is 6.92 Å². The number of ether oxygens (including phenoxy) is 1. The molecule has 0 heterocycles. The lowest BCUT2D eigenvalue weighted by molar-refractivity contribution is -0.218. The fourth-order valence-corrected chi connectivity index (χ4v) is 0.659. The van der Waals surface area contributed by atoms with E-state index in [9.17, 15) is 14.7 Å². The van der Waals surface area contributed by atoms with Crippen LogP contribution in [0.1, 0.15) is 26.7 Å². The van der Waals surface area contributed by atoms with Gasteiger partial charge in [-0.2, -0.15) is 0 Å². The van der Waals surface area contributed by atoms with Crippen LogP contribution in [0.15, 0.2) is 0 Å². The Bertz CT molecular complexity index is 201. The summed E-state index contributed by atoms with van der Waals surface area (Å²) >= 11 is 0. The molecule has 76 valence electrons. The third-order valence-electron chi connectivity index (χ3n) is 1.50. The molecular weight excluding hydrogens is 176 g/mol. The van der Waals surface area contributed by atoms with Gasteiger partial charge < -0.3 is 14.9 Å². The molecule has 1 atom stereocenters. The van der Waals surface area contributed by atoms with Gasteiger partial charge in [-0.25, -0.2) is 0 Å². The second-order valence-electron chi connectivity index (χ2n) is 2.72. The molecule has 0 radical (unpaired) electrons. The van der Waals surface area contributed by atoms with Crippen molar-refractivity contribution in [1.29, 1.82) is 0 Å². The first-order chi connectivity index (χ1) is 5.96. The lowest BCUT2D eigenvalue weighted by atomic mass is 10.2. The van der Waals surface area contributed by atoms with Crippen LogP contribution in [-0.4, -0.2) is 34.4 Å². The summed E-state index contributed by atoms with van der Waals surface area (Å²) in [5.74, 6) is -3.86. The van der Waals surface area contributed by atoms with Crippen molar-refractivity contribution < 1.29 is 24.5 Å². The van der Waals surface area contributed by atoms with Crippen LogP contribution in [-0.2, 0) is 14.3 Å². The highest BCUT2D eigenvalue weighted by Gasteiger charge is 2.36. The van der Waals surface area contributed by atoms with E-state index in [0.29, 0.717) is 6.42 Å². The zero-order valence-electron chi connectivity index (χ0n) is 7.74. The van der Waals surface area contributed by atoms with E-state index in [1.165, 1.54) is 0 Å². The van der Waals surface area contributed by atoms with Crippen LogP contribution in [0.3, 0.4) is 0 Å². The van der Waals surface area contributed by atoms with Crippen LogP contribution in [0.5, 0.6) is 0 Å². The van der Waals surface area contributed by atoms with E-state index in [2.05, 4.69) is 4.74 Å². The van der Waals surface area contributed by atoms with Crippen molar-refractivity contribution in [2.24, 2.45) is 0 Å². The van der Waals surface area contributed by atoms with Gasteiger partial charge in [-0.1, -0.05) is 6.92 Å². The quantitative estimate of drug-likeness (QED) is 0.455. The topological polar surface area (TPSA) is 83.8 Å². The van der Waals surface area contributed by atoms with E-state index in [1.807, 2.05) is 0 Å². The number of hydrogen-bond acceptors (Lipinski definition) is 5. The average Bonchev–Trinajstić information content (AvgIpc) is 2.04. The maximum Gasteiger partial charge on any atom is 0.308 e. The van der Waals surface area contributed by atoms with Crippen molar-refractivity contribution in [3.8, 4) is 0 Å². The van der Waals surface area contributed by atoms with Gasteiger partial charge in [0.2, 0.25) is 5.78 Å². The Balaban J connectivity index is 4.27. The Kier molecular flexibility index (Phi) is 4.58. The molecule has 0 aliphatic carbocycles. The normalized spacial score (nSPS) is 14.8. The molecule has 0 aromatic rings. The Morgan fingerprint density at radius 3 is 2.31 bits per heavy atom. The molecule has 0 bridgehead atoms. The smallest absolute Gasteiger partial charge is 0.308 e. The van der Waals surface area contributed by atoms with Crippen LogP contribution in [0, 0.1) is 0 Å². The first kappa shape index (κ1) is 12.1. The second kappa shape index (κ2) is 4.94. The highest BCUT2D eigenvalue weighted by molar-refractivity contribution is 5.86. The Hall–Kier alpha value is -0.940. The summed E-state index contributed by atoms with van der Waals surface area (Å²) < 4.78 is 4.41. The Morgan fingerprint density at radius 1 is 1.46 bits per heavy atom. The second-order valence-corrected chi connectivity index (χ2v) is 2.72. The van der Waals surface area contributed by atoms with E-state index in [-0.39, 0.29) is 6.42 Å². The van der Waals surface area contributed by atoms with Gasteiger partial charge in [0.25, 0.3) is 5.79 Å². The molecule has 5 nitrogen and oxygen atoms in total. The number of carbonyl (C=O) groups is 2. The maximum atomic E-state index is 10.9. The molecule has 13 heavy (non-hydrogen) atoms. The van der Waals surface area contributed by atoms with Gasteiger partial charge in [0.1, 0.15) is 6.61 Å². The van der Waals surface area contributed by atoms with E-state index in [4.69, 9.17) is 5.11 Å². The number of Topliss-reactive ketones (excluding diaryl/α,β-unsaturated/α-hetero) is 1. The third kappa shape index (κ3) is 3.52. The lowest BCUT2D eigenvalue weighted by Crippen LogP contribution is -2.45. The van der Waals surface area contributed by atoms with Gasteiger partial charge in [-0.05, 0) is 6.42 Å². The summed E-state index contributed by atoms with van der Waals surface area (Å²) in [6.07, 6.45) is 0.661. The van der Waals surface area contributed by atoms with Crippen LogP contribution in [0.4, 0.5) is 0 Å². The van der Waals surface area contributed by atoms with Gasteiger partial charge in [0.05, 0.1) is 0 Å². The van der Waals surface area contributed by atoms with Gasteiger partial charge in [-0.15, -0.1) is 0 Å². The molecule has 1 unspecified atom stereocenters. The summed E-state index contributed by atoms with van der Waals surface area (Å²) in [6, 6.07) is 0. The summed E-state index contributed by atoms with van der Waals surface area (Å²) in [4.78, 5) is 21.6. The number of hydrogen-bond donors (Lipinski definition) is 2. The molecule has 0 amide bonds. The number of aliphatic hydroxyl groups excluding tert-OH is 1. The van der Waals surface area contributed by atoms with Crippen molar-refractivity contribution in [3.63, 3.8) is 0 Å². The molecule has 0 rings (SSSR count). The standard InChI is InChI=1S/C8H14O5/c1-3-4-7(11)13-8(12,5-9)6(2)10/h9,12H,3-5H2,1-2H3. The molecule has 0 aliphatic heterocycles. The third-order valence-corrected chi connectivity index (χ3v) is 1.50.